The molecule has 7 N–H and O–H groups in total. The second-order valence-corrected chi connectivity index (χ2v) is 14.4. The van der Waals surface area contributed by atoms with Crippen molar-refractivity contribution in [2.24, 2.45) is 0 Å². The van der Waals surface area contributed by atoms with E-state index in [2.05, 4.69) is 26.0 Å². The zero-order valence-corrected chi connectivity index (χ0v) is 32.4. The molecule has 0 radical (unpaired) electrons. The first-order valence-corrected chi connectivity index (χ1v) is 20.6. The van der Waals surface area contributed by atoms with Gasteiger partial charge in [0.05, 0.1) is 19.8 Å². The maximum Gasteiger partial charge on any atom is 0.306 e. The Morgan fingerprint density at radius 1 is 0.673 bits per heavy atom. The summed E-state index contributed by atoms with van der Waals surface area (Å²) in [4.78, 5) is 11.9. The quantitative estimate of drug-likeness (QED) is 0.0308. The van der Waals surface area contributed by atoms with Crippen LogP contribution in [0.15, 0.2) is 12.2 Å². The predicted octanol–water partition coefficient (Wildman–Crippen LogP) is 4.99. The molecule has 0 spiro atoms. The van der Waals surface area contributed by atoms with Crippen molar-refractivity contribution in [3.05, 3.63) is 12.2 Å². The molecule has 2 aliphatic rings. The Kier molecular flexibility index (Phi) is 30.1. The SMILES string of the molecule is CCCCCCCC/C=C\CCCCCCCC(=O)O[C@H](CO)[C@H]1OC[C@H](O)[C@H]1O.CCCCCCCCCCOC1O[C@H](CO)[C@@H](O)[C@H](O)[C@H]1O. The second-order valence-electron chi connectivity index (χ2n) is 14.4. The zero-order chi connectivity index (χ0) is 38.4. The van der Waals surface area contributed by atoms with Crippen LogP contribution in [0.4, 0.5) is 0 Å². The van der Waals surface area contributed by atoms with Crippen molar-refractivity contribution < 1.29 is 59.5 Å². The van der Waals surface area contributed by atoms with Gasteiger partial charge in [0.15, 0.2) is 12.4 Å². The average molecular weight is 749 g/mol. The Morgan fingerprint density at radius 2 is 1.19 bits per heavy atom. The topological polar surface area (TPSA) is 196 Å². The lowest BCUT2D eigenvalue weighted by atomic mass is 9.99. The predicted molar refractivity (Wildman–Crippen MR) is 201 cm³/mol. The number of hydrogen-bond acceptors (Lipinski definition) is 12. The van der Waals surface area contributed by atoms with E-state index in [0.717, 1.165) is 44.9 Å². The van der Waals surface area contributed by atoms with E-state index in [-0.39, 0.29) is 6.61 Å². The Morgan fingerprint density at radius 3 is 1.69 bits per heavy atom. The first kappa shape index (κ1) is 48.8. The smallest absolute Gasteiger partial charge is 0.306 e. The van der Waals surface area contributed by atoms with Crippen molar-refractivity contribution >= 4 is 5.97 Å². The molecule has 308 valence electrons. The highest BCUT2D eigenvalue weighted by Crippen LogP contribution is 2.23. The van der Waals surface area contributed by atoms with Gasteiger partial charge in [0.25, 0.3) is 0 Å². The normalized spacial score (nSPS) is 26.7. The van der Waals surface area contributed by atoms with Gasteiger partial charge in [0.1, 0.15) is 42.7 Å². The maximum atomic E-state index is 11.9. The van der Waals surface area contributed by atoms with Crippen LogP contribution in [0.25, 0.3) is 0 Å². The number of rotatable bonds is 29. The van der Waals surface area contributed by atoms with Crippen LogP contribution in [-0.2, 0) is 23.7 Å². The number of ether oxygens (including phenoxy) is 4. The van der Waals surface area contributed by atoms with Crippen LogP contribution in [0.1, 0.15) is 155 Å². The Labute approximate surface area is 313 Å². The molecule has 0 saturated carbocycles. The number of esters is 1. The molecule has 12 nitrogen and oxygen atoms in total. The van der Waals surface area contributed by atoms with E-state index in [1.165, 1.54) is 89.9 Å². The molecular weight excluding hydrogens is 672 g/mol. The van der Waals surface area contributed by atoms with Crippen molar-refractivity contribution in [3.63, 3.8) is 0 Å². The summed E-state index contributed by atoms with van der Waals surface area (Å²) in [7, 11) is 0. The molecule has 0 aromatic heterocycles. The Bertz CT molecular complexity index is 858. The summed E-state index contributed by atoms with van der Waals surface area (Å²) >= 11 is 0. The van der Waals surface area contributed by atoms with Crippen molar-refractivity contribution in [2.45, 2.75) is 210 Å². The first-order valence-electron chi connectivity index (χ1n) is 20.6. The summed E-state index contributed by atoms with van der Waals surface area (Å²) < 4.78 is 21.2. The van der Waals surface area contributed by atoms with Crippen LogP contribution in [0.5, 0.6) is 0 Å². The van der Waals surface area contributed by atoms with Crippen molar-refractivity contribution in [3.8, 4) is 0 Å². The minimum Gasteiger partial charge on any atom is -0.457 e. The Hall–Kier alpha value is -1.19. The highest BCUT2D eigenvalue weighted by molar-refractivity contribution is 5.69. The van der Waals surface area contributed by atoms with Gasteiger partial charge in [-0.2, -0.15) is 0 Å². The van der Waals surface area contributed by atoms with Crippen molar-refractivity contribution in [1.29, 1.82) is 0 Å². The van der Waals surface area contributed by atoms with E-state index in [1.807, 2.05) is 0 Å². The molecule has 2 saturated heterocycles. The molecule has 2 fully saturated rings. The number of allylic oxidation sites excluding steroid dienone is 2. The van der Waals surface area contributed by atoms with Crippen molar-refractivity contribution in [1.82, 2.24) is 0 Å². The molecule has 2 heterocycles. The fourth-order valence-electron chi connectivity index (χ4n) is 6.37. The summed E-state index contributed by atoms with van der Waals surface area (Å²) in [5.74, 6) is -0.399. The highest BCUT2D eigenvalue weighted by Gasteiger charge is 2.44. The van der Waals surface area contributed by atoms with Gasteiger partial charge in [0.2, 0.25) is 0 Å². The van der Waals surface area contributed by atoms with E-state index in [9.17, 15) is 35.4 Å². The summed E-state index contributed by atoms with van der Waals surface area (Å²) in [6, 6.07) is 0. The minimum atomic E-state index is -1.37. The van der Waals surface area contributed by atoms with E-state index < -0.39 is 74.3 Å². The largest absolute Gasteiger partial charge is 0.457 e. The third kappa shape index (κ3) is 21.6. The molecular formula is C40H76O12. The van der Waals surface area contributed by atoms with Gasteiger partial charge in [0, 0.05) is 13.0 Å². The first-order chi connectivity index (χ1) is 25.2. The monoisotopic (exact) mass is 749 g/mol. The van der Waals surface area contributed by atoms with Crippen LogP contribution >= 0.6 is 0 Å². The fraction of sp³-hybridized carbons (Fsp3) is 0.925. The molecule has 0 bridgehead atoms. The average Bonchev–Trinajstić information content (AvgIpc) is 3.48. The molecule has 0 amide bonds. The van der Waals surface area contributed by atoms with E-state index in [4.69, 9.17) is 24.1 Å². The number of unbranched alkanes of at least 4 members (excludes halogenated alkanes) is 18. The van der Waals surface area contributed by atoms with Gasteiger partial charge >= 0.3 is 5.97 Å². The van der Waals surface area contributed by atoms with E-state index in [0.29, 0.717) is 13.0 Å². The molecule has 52 heavy (non-hydrogen) atoms. The molecule has 0 aromatic carbocycles. The van der Waals surface area contributed by atoms with Crippen LogP contribution in [0, 0.1) is 0 Å². The van der Waals surface area contributed by atoms with Crippen molar-refractivity contribution in [2.75, 3.05) is 26.4 Å². The van der Waals surface area contributed by atoms with E-state index >= 15 is 0 Å². The third-order valence-electron chi connectivity index (χ3n) is 9.79. The second kappa shape index (κ2) is 32.1. The standard InChI is InChI=1S/C24H44O6.C16H32O6/c1-2-3-4-5-6-7-8-9-10-11-12-13-14-15-16-17-22(27)30-21(18-25)24-23(28)20(26)19-29-24;1-2-3-4-5-6-7-8-9-10-21-16-15(20)14(19)13(18)12(11-17)22-16/h9-10,20-21,23-26,28H,2-8,11-19H2,1H3;12-20H,2-11H2,1H3/b10-9-;/t20-,21+,23+,24+;12-,13-,14+,15-,16?/m01/s1. The molecule has 2 rings (SSSR count). The molecule has 2 aliphatic heterocycles. The number of aliphatic hydroxyl groups is 7. The van der Waals surface area contributed by atoms with Gasteiger partial charge in [-0.15, -0.1) is 0 Å². The molecule has 12 heteroatoms. The number of aliphatic hydroxyl groups excluding tert-OH is 7. The van der Waals surface area contributed by atoms with Gasteiger partial charge in [-0.3, -0.25) is 4.79 Å². The lowest BCUT2D eigenvalue weighted by Crippen LogP contribution is -2.59. The van der Waals surface area contributed by atoms with Gasteiger partial charge in [-0.1, -0.05) is 122 Å². The van der Waals surface area contributed by atoms with Gasteiger partial charge < -0.3 is 54.7 Å². The minimum absolute atomic E-state index is 0.0197. The van der Waals surface area contributed by atoms with Gasteiger partial charge in [-0.25, -0.2) is 0 Å². The molecule has 0 aromatic rings. The molecule has 0 aliphatic carbocycles. The fourth-order valence-corrected chi connectivity index (χ4v) is 6.37. The number of carbonyl (C=O) groups is 1. The lowest BCUT2D eigenvalue weighted by molar-refractivity contribution is -0.301. The van der Waals surface area contributed by atoms with E-state index in [1.54, 1.807) is 0 Å². The molecule has 1 unspecified atom stereocenters. The Balaban J connectivity index is 0.000000545. The highest BCUT2D eigenvalue weighted by atomic mass is 16.7. The van der Waals surface area contributed by atoms with Crippen LogP contribution in [0.3, 0.4) is 0 Å². The lowest BCUT2D eigenvalue weighted by Gasteiger charge is -2.39. The van der Waals surface area contributed by atoms with Gasteiger partial charge in [-0.05, 0) is 38.5 Å². The summed E-state index contributed by atoms with van der Waals surface area (Å²) in [5.41, 5.74) is 0. The zero-order valence-electron chi connectivity index (χ0n) is 32.4. The molecule has 9 atom stereocenters. The number of carbonyl (C=O) groups excluding carboxylic acids is 1. The van der Waals surface area contributed by atoms with Crippen LogP contribution < -0.4 is 0 Å². The summed E-state index contributed by atoms with van der Waals surface area (Å²) in [6.07, 6.45) is 20.1. The van der Waals surface area contributed by atoms with Crippen LogP contribution in [0.2, 0.25) is 0 Å². The summed E-state index contributed by atoms with van der Waals surface area (Å²) in [6.45, 7) is 4.00. The number of hydrogen-bond donors (Lipinski definition) is 7. The van der Waals surface area contributed by atoms with Crippen LogP contribution in [-0.4, -0.2) is 123 Å². The summed E-state index contributed by atoms with van der Waals surface area (Å²) in [5, 5.41) is 66.9. The third-order valence-corrected chi connectivity index (χ3v) is 9.79. The maximum absolute atomic E-state index is 11.9.